The van der Waals surface area contributed by atoms with Crippen LogP contribution in [-0.2, 0) is 9.53 Å². The molecule has 2 rings (SSSR count). The molecule has 0 aliphatic carbocycles. The van der Waals surface area contributed by atoms with Crippen LogP contribution < -0.4 is 10.2 Å². The number of rotatable bonds is 7. The molecule has 3 amide bonds. The Bertz CT molecular complexity index is 692. The number of carbonyl (C=O) groups is 3. The van der Waals surface area contributed by atoms with Crippen molar-refractivity contribution in [1.29, 1.82) is 0 Å². The predicted octanol–water partition coefficient (Wildman–Crippen LogP) is 2.06. The maximum absolute atomic E-state index is 12.7. The van der Waals surface area contributed by atoms with Crippen LogP contribution in [0.15, 0.2) is 30.9 Å². The minimum atomic E-state index is -0.495. The highest BCUT2D eigenvalue weighted by Gasteiger charge is 2.25. The summed E-state index contributed by atoms with van der Waals surface area (Å²) in [7, 11) is 0. The average molecular weight is 366 g/mol. The monoisotopic (exact) mass is 365 g/mol. The summed E-state index contributed by atoms with van der Waals surface area (Å²) in [6.45, 7) is 6.54. The van der Waals surface area contributed by atoms with Crippen molar-refractivity contribution in [2.75, 3.05) is 37.7 Å². The predicted molar refractivity (Wildman–Crippen MR) is 94.9 cm³/mol. The first-order valence-electron chi connectivity index (χ1n) is 7.88. The number of nitrogens with zero attached hydrogens (tertiary/aromatic N) is 2. The van der Waals surface area contributed by atoms with Crippen molar-refractivity contribution in [3.63, 3.8) is 0 Å². The SMILES string of the molecule is C=CCN(CC(=O)OCC)C(=O)c1ccc(Cl)c(N2CCNC2=O)c1. The van der Waals surface area contributed by atoms with Crippen molar-refractivity contribution in [2.45, 2.75) is 6.92 Å². The highest BCUT2D eigenvalue weighted by atomic mass is 35.5. The van der Waals surface area contributed by atoms with Gasteiger partial charge in [-0.1, -0.05) is 17.7 Å². The van der Waals surface area contributed by atoms with Gasteiger partial charge in [0.2, 0.25) is 0 Å². The molecule has 1 aromatic carbocycles. The molecule has 0 unspecified atom stereocenters. The standard InChI is InChI=1S/C17H20ClN3O4/c1-3-8-20(11-15(22)25-4-2)16(23)12-5-6-13(18)14(10-12)21-9-7-19-17(21)24/h3,5-6,10H,1,4,7-9,11H2,2H3,(H,19,24). The number of amides is 3. The van der Waals surface area contributed by atoms with Gasteiger partial charge in [0.25, 0.3) is 5.91 Å². The molecular weight excluding hydrogens is 346 g/mol. The van der Waals surface area contributed by atoms with E-state index in [1.54, 1.807) is 25.1 Å². The number of hydrogen-bond donors (Lipinski definition) is 1. The van der Waals surface area contributed by atoms with E-state index in [4.69, 9.17) is 16.3 Å². The number of esters is 1. The summed E-state index contributed by atoms with van der Waals surface area (Å²) in [5, 5.41) is 3.06. The maximum Gasteiger partial charge on any atom is 0.325 e. The van der Waals surface area contributed by atoms with Gasteiger partial charge in [0.1, 0.15) is 6.54 Å². The molecule has 7 nitrogen and oxygen atoms in total. The molecule has 8 heteroatoms. The summed E-state index contributed by atoms with van der Waals surface area (Å²) in [4.78, 5) is 39.1. The lowest BCUT2D eigenvalue weighted by Gasteiger charge is -2.22. The van der Waals surface area contributed by atoms with Crippen molar-refractivity contribution < 1.29 is 19.1 Å². The summed E-state index contributed by atoms with van der Waals surface area (Å²) < 4.78 is 4.89. The van der Waals surface area contributed by atoms with Crippen LogP contribution in [0.4, 0.5) is 10.5 Å². The first-order valence-corrected chi connectivity index (χ1v) is 8.26. The Labute approximate surface area is 151 Å². The Kier molecular flexibility index (Phi) is 6.41. The van der Waals surface area contributed by atoms with Crippen LogP contribution in [0.2, 0.25) is 5.02 Å². The Hall–Kier alpha value is -2.54. The highest BCUT2D eigenvalue weighted by Crippen LogP contribution is 2.28. The molecule has 1 heterocycles. The van der Waals surface area contributed by atoms with E-state index in [2.05, 4.69) is 11.9 Å². The molecule has 1 N–H and O–H groups in total. The normalized spacial score (nSPS) is 13.4. The second-order valence-corrected chi connectivity index (χ2v) is 5.74. The Balaban J connectivity index is 2.25. The summed E-state index contributed by atoms with van der Waals surface area (Å²) in [5.74, 6) is -0.865. The van der Waals surface area contributed by atoms with E-state index < -0.39 is 5.97 Å². The van der Waals surface area contributed by atoms with E-state index in [9.17, 15) is 14.4 Å². The smallest absolute Gasteiger partial charge is 0.325 e. The van der Waals surface area contributed by atoms with Gasteiger partial charge >= 0.3 is 12.0 Å². The molecule has 25 heavy (non-hydrogen) atoms. The number of benzene rings is 1. The Morgan fingerprint density at radius 1 is 1.48 bits per heavy atom. The van der Waals surface area contributed by atoms with Crippen LogP contribution in [0.3, 0.4) is 0 Å². The van der Waals surface area contributed by atoms with Crippen LogP contribution in [0.1, 0.15) is 17.3 Å². The first kappa shape index (κ1) is 18.8. The molecule has 0 aromatic heterocycles. The number of hydrogen-bond acceptors (Lipinski definition) is 4. The van der Waals surface area contributed by atoms with Gasteiger partial charge in [-0.3, -0.25) is 14.5 Å². The van der Waals surface area contributed by atoms with Gasteiger partial charge in [0.15, 0.2) is 0 Å². The lowest BCUT2D eigenvalue weighted by molar-refractivity contribution is -0.143. The second kappa shape index (κ2) is 8.53. The lowest BCUT2D eigenvalue weighted by Crippen LogP contribution is -2.36. The van der Waals surface area contributed by atoms with E-state index >= 15 is 0 Å². The highest BCUT2D eigenvalue weighted by molar-refractivity contribution is 6.34. The fourth-order valence-electron chi connectivity index (χ4n) is 2.47. The zero-order valence-electron chi connectivity index (χ0n) is 14.0. The fraction of sp³-hybridized carbons (Fsp3) is 0.353. The molecule has 0 spiro atoms. The van der Waals surface area contributed by atoms with Gasteiger partial charge in [0, 0.05) is 25.2 Å². The molecule has 0 bridgehead atoms. The van der Waals surface area contributed by atoms with Crippen LogP contribution in [0, 0.1) is 0 Å². The van der Waals surface area contributed by atoms with Gasteiger partial charge in [-0.05, 0) is 25.1 Å². The number of anilines is 1. The zero-order valence-corrected chi connectivity index (χ0v) is 14.7. The lowest BCUT2D eigenvalue weighted by atomic mass is 10.1. The quantitative estimate of drug-likeness (QED) is 0.592. The van der Waals surface area contributed by atoms with Crippen LogP contribution >= 0.6 is 11.6 Å². The third-order valence-electron chi connectivity index (χ3n) is 3.60. The zero-order chi connectivity index (χ0) is 18.4. The van der Waals surface area contributed by atoms with Gasteiger partial charge in [-0.2, -0.15) is 0 Å². The van der Waals surface area contributed by atoms with Crippen molar-refractivity contribution >= 4 is 35.2 Å². The summed E-state index contributed by atoms with van der Waals surface area (Å²) in [5.41, 5.74) is 0.780. The molecule has 1 saturated heterocycles. The van der Waals surface area contributed by atoms with Crippen molar-refractivity contribution in [1.82, 2.24) is 10.2 Å². The Morgan fingerprint density at radius 2 is 2.24 bits per heavy atom. The molecule has 1 aliphatic rings. The molecule has 1 fully saturated rings. The molecule has 1 aromatic rings. The third kappa shape index (κ3) is 4.51. The molecule has 0 atom stereocenters. The van der Waals surface area contributed by atoms with E-state index in [0.29, 0.717) is 29.4 Å². The summed E-state index contributed by atoms with van der Waals surface area (Å²) in [6.07, 6.45) is 1.53. The number of ether oxygens (including phenoxy) is 1. The molecule has 0 saturated carbocycles. The largest absolute Gasteiger partial charge is 0.465 e. The van der Waals surface area contributed by atoms with Crippen molar-refractivity contribution in [2.24, 2.45) is 0 Å². The van der Waals surface area contributed by atoms with E-state index in [0.717, 1.165) is 0 Å². The Morgan fingerprint density at radius 3 is 2.84 bits per heavy atom. The fourth-order valence-corrected chi connectivity index (χ4v) is 2.69. The summed E-state index contributed by atoms with van der Waals surface area (Å²) >= 11 is 6.18. The first-order chi connectivity index (χ1) is 12.0. The van der Waals surface area contributed by atoms with E-state index in [-0.39, 0.29) is 31.6 Å². The van der Waals surface area contributed by atoms with Crippen molar-refractivity contribution in [3.05, 3.63) is 41.4 Å². The minimum Gasteiger partial charge on any atom is -0.465 e. The third-order valence-corrected chi connectivity index (χ3v) is 3.92. The van der Waals surface area contributed by atoms with Crippen molar-refractivity contribution in [3.8, 4) is 0 Å². The van der Waals surface area contributed by atoms with Crippen LogP contribution in [0.5, 0.6) is 0 Å². The van der Waals surface area contributed by atoms with E-state index in [1.165, 1.54) is 15.9 Å². The van der Waals surface area contributed by atoms with Gasteiger partial charge in [-0.15, -0.1) is 6.58 Å². The van der Waals surface area contributed by atoms with E-state index in [1.807, 2.05) is 0 Å². The summed E-state index contributed by atoms with van der Waals surface area (Å²) in [6, 6.07) is 4.41. The van der Waals surface area contributed by atoms with Gasteiger partial charge in [0.05, 0.1) is 17.3 Å². The minimum absolute atomic E-state index is 0.180. The molecule has 134 valence electrons. The number of nitrogens with one attached hydrogen (secondary N) is 1. The van der Waals surface area contributed by atoms with Crippen LogP contribution in [0.25, 0.3) is 0 Å². The number of urea groups is 1. The molecule has 1 aliphatic heterocycles. The number of carbonyl (C=O) groups excluding carboxylic acids is 3. The van der Waals surface area contributed by atoms with Gasteiger partial charge < -0.3 is 15.0 Å². The number of halogens is 1. The molecular formula is C17H20ClN3O4. The topological polar surface area (TPSA) is 79.0 Å². The maximum atomic E-state index is 12.7. The second-order valence-electron chi connectivity index (χ2n) is 5.33. The van der Waals surface area contributed by atoms with Gasteiger partial charge in [-0.25, -0.2) is 4.79 Å². The molecule has 0 radical (unpaired) electrons. The average Bonchev–Trinajstić information content (AvgIpc) is 3.00. The van der Waals surface area contributed by atoms with Crippen LogP contribution in [-0.4, -0.2) is 55.6 Å².